The summed E-state index contributed by atoms with van der Waals surface area (Å²) in [4.78, 5) is 142. The number of carbonyl (C=O) groups excluding carboxylic acids is 4. The first kappa shape index (κ1) is 93.0. The summed E-state index contributed by atoms with van der Waals surface area (Å²) >= 11 is 0. The van der Waals surface area contributed by atoms with Gasteiger partial charge in [0.2, 0.25) is 11.9 Å². The number of hydrogen-bond acceptors (Lipinski definition) is 21. The van der Waals surface area contributed by atoms with Crippen molar-refractivity contribution in [1.29, 1.82) is 0 Å². The van der Waals surface area contributed by atoms with Gasteiger partial charge in [-0.1, -0.05) is 64.1 Å². The number of likely N-dealkylation sites (tertiary alicyclic amines) is 1. The van der Waals surface area contributed by atoms with Crippen molar-refractivity contribution in [1.82, 2.24) is 74.1 Å². The number of aliphatic imine (C=N–C) groups is 1. The fraction of sp³-hybridized carbons (Fsp3) is 0.340. The fourth-order valence-electron chi connectivity index (χ4n) is 17.2. The Morgan fingerprint density at radius 1 is 0.577 bits per heavy atom. The number of aliphatic carboxylic acids is 3. The zero-order valence-electron chi connectivity index (χ0n) is 72.2. The van der Waals surface area contributed by atoms with Crippen LogP contribution in [0.4, 0.5) is 11.8 Å². The minimum atomic E-state index is -1.29. The molecule has 2 atom stereocenters. The summed E-state index contributed by atoms with van der Waals surface area (Å²) < 4.78 is 7.31. The second-order valence-electron chi connectivity index (χ2n) is 33.8. The summed E-state index contributed by atoms with van der Waals surface area (Å²) in [6, 6.07) is 33.9. The molecule has 10 heterocycles. The molecule has 18 N–H and O–H groups in total. The van der Waals surface area contributed by atoms with E-state index in [1.807, 2.05) is 88.5 Å². The maximum absolute atomic E-state index is 13.2. The summed E-state index contributed by atoms with van der Waals surface area (Å²) in [6.07, 6.45) is 15.6. The first-order chi connectivity index (χ1) is 61.9. The Balaban J connectivity index is 0.000000183. The lowest BCUT2D eigenvalue weighted by molar-refractivity contribution is -0.143. The molecular weight excluding hydrogens is 1690 g/mol. The second-order valence-corrected chi connectivity index (χ2v) is 33.8. The molecule has 0 radical (unpaired) electrons. The van der Waals surface area contributed by atoms with Crippen molar-refractivity contribution in [2.75, 3.05) is 31.9 Å². The third-order valence-corrected chi connectivity index (χ3v) is 24.4. The number of anilines is 1. The van der Waals surface area contributed by atoms with Gasteiger partial charge in [0.15, 0.2) is 23.2 Å². The molecule has 2 amide bonds. The topological polar surface area (TPSA) is 541 Å². The van der Waals surface area contributed by atoms with E-state index >= 15 is 0 Å². The van der Waals surface area contributed by atoms with Crippen LogP contribution in [0.2, 0.25) is 0 Å². The van der Waals surface area contributed by atoms with Gasteiger partial charge < -0.3 is 81.8 Å². The van der Waals surface area contributed by atoms with Gasteiger partial charge in [0.1, 0.15) is 46.3 Å². The summed E-state index contributed by atoms with van der Waals surface area (Å²) in [7, 11) is 0. The number of nitrogens with two attached hydrogens (primary N) is 2. The SMILES string of the molecule is CC(C)c1cc(-c2n[nH]c(=O)n2-c2ccc3c(ccn3CCC3CCN(C(=O)CC[C@H](CC(=O)c4ccc(CCc5c[nH]c6nc(N)[nH]c(=O)c56)cc4)C(=O)O)CC3)c2)c(O)cc1O.CC(C)c1cc(-c2n[nH]c(=O)n2-c2ccc3c(ccn3CCC3CCNCC3)c2)c(O)cc1O.Cl.NC1=Nc2[nH]cc(CCc3ccc(C(=O)N[C@H](CCC(=O)O)C(=O)O)cc3)c2C(=O)C1. The molecule has 16 rings (SSSR count). The average molecular weight is 1790 g/mol. The van der Waals surface area contributed by atoms with Crippen LogP contribution < -0.4 is 39.0 Å². The molecule has 13 aromatic rings. The van der Waals surface area contributed by atoms with Gasteiger partial charge in [-0.3, -0.25) is 38.5 Å². The Hall–Kier alpha value is -14.6. The first-order valence-corrected chi connectivity index (χ1v) is 43.2. The number of aromatic hydroxyl groups is 4. The Labute approximate surface area is 750 Å². The number of amidine groups is 1. The molecule has 3 aliphatic heterocycles. The number of aromatic amines is 5. The largest absolute Gasteiger partial charge is 0.508 e. The lowest BCUT2D eigenvalue weighted by atomic mass is 9.91. The molecule has 35 nitrogen and oxygen atoms in total. The van der Waals surface area contributed by atoms with Crippen LogP contribution >= 0.6 is 12.4 Å². The number of benzene rings is 6. The molecule has 36 heteroatoms. The van der Waals surface area contributed by atoms with Crippen molar-refractivity contribution in [2.45, 2.75) is 161 Å². The summed E-state index contributed by atoms with van der Waals surface area (Å²) in [5.41, 5.74) is 20.7. The van der Waals surface area contributed by atoms with E-state index in [-0.39, 0.29) is 132 Å². The van der Waals surface area contributed by atoms with Crippen LogP contribution in [0, 0.1) is 17.8 Å². The number of carbonyl (C=O) groups is 7. The lowest BCUT2D eigenvalue weighted by Crippen LogP contribution is -2.41. The summed E-state index contributed by atoms with van der Waals surface area (Å²) in [6.45, 7) is 12.9. The van der Waals surface area contributed by atoms with Crippen LogP contribution in [-0.4, -0.2) is 179 Å². The molecule has 0 spiro atoms. The van der Waals surface area contributed by atoms with Crippen LogP contribution in [0.3, 0.4) is 0 Å². The molecule has 680 valence electrons. The van der Waals surface area contributed by atoms with Gasteiger partial charge in [0, 0.05) is 115 Å². The highest BCUT2D eigenvalue weighted by Crippen LogP contribution is 2.41. The van der Waals surface area contributed by atoms with Gasteiger partial charge in [0.05, 0.1) is 45.8 Å². The van der Waals surface area contributed by atoms with Crippen molar-refractivity contribution in [3.8, 4) is 57.1 Å². The molecule has 2 fully saturated rings. The molecule has 0 bridgehead atoms. The number of H-pyrrole nitrogens is 5. The highest BCUT2D eigenvalue weighted by Gasteiger charge is 2.31. The predicted molar refractivity (Wildman–Crippen MR) is 491 cm³/mol. The number of ketones is 2. The number of halogens is 1. The maximum atomic E-state index is 13.2. The third-order valence-electron chi connectivity index (χ3n) is 24.4. The van der Waals surface area contributed by atoms with E-state index in [2.05, 4.69) is 77.4 Å². The van der Waals surface area contributed by atoms with Gasteiger partial charge in [-0.25, -0.2) is 38.7 Å². The number of piperidine rings is 2. The number of amides is 2. The Bertz CT molecular complexity index is 6590. The van der Waals surface area contributed by atoms with E-state index in [0.717, 1.165) is 102 Å². The normalized spacial score (nSPS) is 14.0. The van der Waals surface area contributed by atoms with Gasteiger partial charge in [-0.05, 0) is 220 Å². The zero-order chi connectivity index (χ0) is 91.6. The number of nitrogens with one attached hydrogen (secondary N) is 7. The van der Waals surface area contributed by atoms with Gasteiger partial charge in [-0.2, -0.15) is 15.2 Å². The number of aryl methyl sites for hydroxylation is 6. The predicted octanol–water partition coefficient (Wildman–Crippen LogP) is 12.0. The van der Waals surface area contributed by atoms with E-state index in [1.165, 1.54) is 34.1 Å². The number of phenols is 4. The Morgan fingerprint density at radius 3 is 1.62 bits per heavy atom. The molecule has 6 aromatic carbocycles. The molecule has 2 saturated heterocycles. The van der Waals surface area contributed by atoms with Gasteiger partial charge in [0.25, 0.3) is 11.5 Å². The van der Waals surface area contributed by atoms with Crippen molar-refractivity contribution in [3.05, 3.63) is 228 Å². The third kappa shape index (κ3) is 21.6. The fourth-order valence-corrected chi connectivity index (χ4v) is 17.2. The van der Waals surface area contributed by atoms with E-state index in [4.69, 9.17) is 21.7 Å². The average Bonchev–Trinajstić information content (AvgIpc) is 1.53. The summed E-state index contributed by atoms with van der Waals surface area (Å²) in [5, 5.41) is 91.2. The molecule has 0 unspecified atom stereocenters. The maximum Gasteiger partial charge on any atom is 0.348 e. The summed E-state index contributed by atoms with van der Waals surface area (Å²) in [5.74, 6) is -3.42. The number of nitrogens with zero attached hydrogens (tertiary/aromatic N) is 9. The van der Waals surface area contributed by atoms with Crippen molar-refractivity contribution < 1.29 is 69.3 Å². The van der Waals surface area contributed by atoms with E-state index in [0.29, 0.717) is 112 Å². The number of phenolic OH excluding ortho intramolecular Hbond substituents is 4. The molecule has 7 aromatic heterocycles. The van der Waals surface area contributed by atoms with Gasteiger partial charge in [-0.15, -0.1) is 12.4 Å². The standard InChI is InChI=1S/C47H51N9O8.C26H31N5O3.C21H22N4O6.ClH/c1-26(2)34-23-35(39(59)24-38(34)58)43-52-53-47(64)56(43)33-10-11-36-30(21-33)16-20-54(36)17-13-28-14-18-55(19-15-28)40(60)12-9-31(45(62)63)22-37(57)29-6-3-27(4-7-29)5-8-32-25-49-42-41(32)44(61)51-46(48)50-42;1-16(2)20-14-21(24(33)15-23(20)32)25-28-29-26(34)31(25)19-3-4-22-18(13-19)8-12-30(22)11-7-17-5-9-27-10-6-17;22-16-9-15(26)18-13(10-23-19(18)25-16)6-3-11-1-4-12(5-2-11)20(29)24-14(21(30)31)7-8-17(27)28;/h3-4,6-7,10-11,16,20-21,23-26,28,31,58-59H,5,8-9,12-15,17-19,22H2,1-2H3,(H,53,64)(H,62,63)(H4,48,49,50,51,61);3-4,8,12-17,27,32-33H,5-7,9-11H2,1-2H3,(H,29,34);1-2,4-5,10,14,23H,3,6-9H2,(H2,22,25)(H,24,29)(H,27,28)(H,30,31);1H/t31-;;14-;/m1.1./s1. The Morgan fingerprint density at radius 2 is 1.10 bits per heavy atom. The quantitative estimate of drug-likeness (QED) is 0.0179. The molecule has 3 aliphatic rings. The van der Waals surface area contributed by atoms with Crippen LogP contribution in [0.1, 0.15) is 181 Å². The monoisotopic (exact) mass is 1790 g/mol. The van der Waals surface area contributed by atoms with Crippen molar-refractivity contribution in [3.63, 3.8) is 0 Å². The lowest BCUT2D eigenvalue weighted by Gasteiger charge is -2.32. The van der Waals surface area contributed by atoms with Crippen molar-refractivity contribution >= 4 is 104 Å². The minimum Gasteiger partial charge on any atom is -0.508 e. The van der Waals surface area contributed by atoms with Crippen molar-refractivity contribution in [2.24, 2.45) is 28.5 Å². The highest BCUT2D eigenvalue weighted by atomic mass is 35.5. The van der Waals surface area contributed by atoms with Crippen LogP contribution in [0.5, 0.6) is 23.0 Å². The first-order valence-electron chi connectivity index (χ1n) is 43.2. The van der Waals surface area contributed by atoms with Gasteiger partial charge >= 0.3 is 29.3 Å². The smallest absolute Gasteiger partial charge is 0.348 e. The van der Waals surface area contributed by atoms with E-state index in [1.54, 1.807) is 65.8 Å². The number of carboxylic acid groups (broad SMARTS) is 3. The number of Topliss-reactive ketones (excluding diaryl/α,β-unsaturated/α-hetero) is 2. The van der Waals surface area contributed by atoms with E-state index in [9.17, 15) is 73.5 Å². The number of carboxylic acids is 3. The molecular formula is C94H105ClN18O17. The zero-order valence-corrected chi connectivity index (χ0v) is 73.0. The highest BCUT2D eigenvalue weighted by molar-refractivity contribution is 6.15. The number of rotatable bonds is 31. The minimum absolute atomic E-state index is 0. The van der Waals surface area contributed by atoms with Crippen LogP contribution in [-0.2, 0) is 58.0 Å². The number of aromatic nitrogens is 12. The molecule has 0 saturated carbocycles. The number of nitrogen functional groups attached to an aromatic ring is 1. The molecule has 0 aliphatic carbocycles. The van der Waals surface area contributed by atoms with Crippen LogP contribution in [0.25, 0.3) is 67.0 Å². The molecule has 130 heavy (non-hydrogen) atoms. The number of hydrogen-bond donors (Lipinski definition) is 16. The Kier molecular flexibility index (Phi) is 29.3. The number of fused-ring (bicyclic) bond motifs is 4. The second kappa shape index (κ2) is 41.0. The van der Waals surface area contributed by atoms with E-state index < -0.39 is 47.2 Å². The van der Waals surface area contributed by atoms with Crippen LogP contribution in [0.15, 0.2) is 165 Å².